The number of nitrogens with one attached hydrogen (secondary N) is 1. The molecule has 0 fully saturated rings. The van der Waals surface area contributed by atoms with Gasteiger partial charge in [-0.2, -0.15) is 0 Å². The number of carbonyl (C=O) groups excluding carboxylic acids is 2. The third-order valence-electron chi connectivity index (χ3n) is 16.2. The van der Waals surface area contributed by atoms with E-state index in [4.69, 9.17) is 4.74 Å². The number of aliphatic hydroxyl groups is 2. The van der Waals surface area contributed by atoms with Gasteiger partial charge in [0.25, 0.3) is 0 Å². The minimum atomic E-state index is -0.662. The Hall–Kier alpha value is -1.14. The van der Waals surface area contributed by atoms with Gasteiger partial charge in [-0.25, -0.2) is 0 Å². The molecule has 0 aliphatic rings. The van der Waals surface area contributed by atoms with Gasteiger partial charge in [0.05, 0.1) is 25.4 Å². The zero-order valence-corrected chi connectivity index (χ0v) is 49.9. The number of amides is 1. The molecular weight excluding hydrogens is 899 g/mol. The fourth-order valence-electron chi connectivity index (χ4n) is 11.0. The first kappa shape index (κ1) is 71.9. The summed E-state index contributed by atoms with van der Waals surface area (Å²) in [5, 5.41) is 23.4. The van der Waals surface area contributed by atoms with E-state index in [-0.39, 0.29) is 18.5 Å². The molecule has 1 amide bonds. The lowest BCUT2D eigenvalue weighted by atomic mass is 10.0. The standard InChI is InChI=1S/C67H133NO5/c1-3-5-7-9-11-13-15-17-19-28-32-35-39-43-47-51-55-59-65(70)64(63-69)68-66(71)60-56-52-48-44-40-36-33-29-26-24-22-20-21-23-25-27-30-34-38-42-46-50-54-58-62-73-67(72)61-57-53-49-45-41-37-31-18-16-14-12-10-8-6-4-2/h64-65,69-70H,3-63H2,1-2H3,(H,68,71). The van der Waals surface area contributed by atoms with E-state index in [2.05, 4.69) is 19.2 Å². The quantitative estimate of drug-likeness (QED) is 0.0417. The molecule has 0 saturated carbocycles. The highest BCUT2D eigenvalue weighted by Gasteiger charge is 2.20. The van der Waals surface area contributed by atoms with Crippen molar-refractivity contribution in [3.8, 4) is 0 Å². The maximum atomic E-state index is 12.5. The average molecular weight is 1030 g/mol. The van der Waals surface area contributed by atoms with Crippen LogP contribution < -0.4 is 5.32 Å². The number of ether oxygens (including phenoxy) is 1. The van der Waals surface area contributed by atoms with E-state index in [1.54, 1.807) is 0 Å². The van der Waals surface area contributed by atoms with Crippen LogP contribution in [0.4, 0.5) is 0 Å². The second-order valence-corrected chi connectivity index (χ2v) is 23.5. The first-order chi connectivity index (χ1) is 36.0. The highest BCUT2D eigenvalue weighted by molar-refractivity contribution is 5.76. The van der Waals surface area contributed by atoms with Gasteiger partial charge in [-0.15, -0.1) is 0 Å². The molecular formula is C67H133NO5. The van der Waals surface area contributed by atoms with Crippen LogP contribution in [0.3, 0.4) is 0 Å². The molecule has 436 valence electrons. The van der Waals surface area contributed by atoms with E-state index in [9.17, 15) is 19.8 Å². The minimum Gasteiger partial charge on any atom is -0.466 e. The monoisotopic (exact) mass is 1030 g/mol. The molecule has 0 aliphatic carbocycles. The number of hydrogen-bond donors (Lipinski definition) is 3. The van der Waals surface area contributed by atoms with E-state index < -0.39 is 12.1 Å². The summed E-state index contributed by atoms with van der Waals surface area (Å²) in [5.74, 6) is -0.00990. The normalized spacial score (nSPS) is 12.4. The van der Waals surface area contributed by atoms with Crippen molar-refractivity contribution < 1.29 is 24.5 Å². The molecule has 73 heavy (non-hydrogen) atoms. The van der Waals surface area contributed by atoms with Gasteiger partial charge in [0.2, 0.25) is 5.91 Å². The lowest BCUT2D eigenvalue weighted by molar-refractivity contribution is -0.143. The predicted octanol–water partition coefficient (Wildman–Crippen LogP) is 21.4. The molecule has 0 aliphatic heterocycles. The molecule has 0 aromatic carbocycles. The lowest BCUT2D eigenvalue weighted by Crippen LogP contribution is -2.45. The number of unbranched alkanes of at least 4 members (excludes halogenated alkanes) is 53. The molecule has 0 aromatic heterocycles. The summed E-state index contributed by atoms with van der Waals surface area (Å²) in [6, 6.07) is -0.539. The molecule has 2 unspecified atom stereocenters. The number of carbonyl (C=O) groups is 2. The van der Waals surface area contributed by atoms with Crippen LogP contribution in [0.5, 0.6) is 0 Å². The topological polar surface area (TPSA) is 95.9 Å². The van der Waals surface area contributed by atoms with Crippen molar-refractivity contribution in [3.05, 3.63) is 0 Å². The molecule has 3 N–H and O–H groups in total. The predicted molar refractivity (Wildman–Crippen MR) is 320 cm³/mol. The van der Waals surface area contributed by atoms with Crippen molar-refractivity contribution in [2.75, 3.05) is 13.2 Å². The molecule has 6 heteroatoms. The maximum Gasteiger partial charge on any atom is 0.305 e. The zero-order chi connectivity index (χ0) is 52.9. The molecule has 0 saturated heterocycles. The largest absolute Gasteiger partial charge is 0.466 e. The van der Waals surface area contributed by atoms with Crippen LogP contribution in [-0.4, -0.2) is 47.4 Å². The highest BCUT2D eigenvalue weighted by atomic mass is 16.5. The minimum absolute atomic E-state index is 0.0196. The lowest BCUT2D eigenvalue weighted by Gasteiger charge is -2.22. The van der Waals surface area contributed by atoms with Gasteiger partial charge in [-0.3, -0.25) is 9.59 Å². The van der Waals surface area contributed by atoms with Crippen LogP contribution in [0.15, 0.2) is 0 Å². The Morgan fingerprint density at radius 2 is 0.562 bits per heavy atom. The van der Waals surface area contributed by atoms with Crippen molar-refractivity contribution in [2.24, 2.45) is 0 Å². The van der Waals surface area contributed by atoms with Crippen LogP contribution in [0.2, 0.25) is 0 Å². The Labute approximate surface area is 457 Å². The second kappa shape index (κ2) is 63.4. The number of esters is 1. The van der Waals surface area contributed by atoms with Crippen molar-refractivity contribution in [1.82, 2.24) is 5.32 Å². The van der Waals surface area contributed by atoms with Crippen molar-refractivity contribution in [3.63, 3.8) is 0 Å². The molecule has 0 bridgehead atoms. The molecule has 0 rings (SSSR count). The maximum absolute atomic E-state index is 12.5. The van der Waals surface area contributed by atoms with Crippen molar-refractivity contribution in [2.45, 2.75) is 405 Å². The summed E-state index contributed by atoms with van der Waals surface area (Å²) in [6.45, 7) is 5.00. The van der Waals surface area contributed by atoms with E-state index in [0.29, 0.717) is 25.9 Å². The van der Waals surface area contributed by atoms with Gasteiger partial charge in [-0.05, 0) is 25.7 Å². The van der Waals surface area contributed by atoms with E-state index in [1.807, 2.05) is 0 Å². The van der Waals surface area contributed by atoms with Gasteiger partial charge in [-0.1, -0.05) is 354 Å². The van der Waals surface area contributed by atoms with E-state index in [1.165, 1.54) is 321 Å². The van der Waals surface area contributed by atoms with Crippen LogP contribution in [-0.2, 0) is 14.3 Å². The highest BCUT2D eigenvalue weighted by Crippen LogP contribution is 2.19. The summed E-state index contributed by atoms with van der Waals surface area (Å²) in [6.07, 6.45) is 75.6. The smallest absolute Gasteiger partial charge is 0.305 e. The molecule has 0 spiro atoms. The fourth-order valence-corrected chi connectivity index (χ4v) is 11.0. The molecule has 2 atom stereocenters. The third-order valence-corrected chi connectivity index (χ3v) is 16.2. The molecule has 0 radical (unpaired) electrons. The second-order valence-electron chi connectivity index (χ2n) is 23.5. The first-order valence-corrected chi connectivity index (χ1v) is 33.8. The summed E-state index contributed by atoms with van der Waals surface area (Å²) < 4.78 is 5.50. The van der Waals surface area contributed by atoms with Crippen LogP contribution in [0.25, 0.3) is 0 Å². The van der Waals surface area contributed by atoms with E-state index in [0.717, 1.165) is 38.5 Å². The summed E-state index contributed by atoms with van der Waals surface area (Å²) in [7, 11) is 0. The number of rotatable bonds is 64. The Balaban J connectivity index is 3.34. The molecule has 0 aromatic rings. The van der Waals surface area contributed by atoms with Gasteiger partial charge in [0.1, 0.15) is 0 Å². The third kappa shape index (κ3) is 60.0. The Morgan fingerprint density at radius 3 is 0.836 bits per heavy atom. The van der Waals surface area contributed by atoms with Crippen LogP contribution in [0, 0.1) is 0 Å². The summed E-state index contributed by atoms with van der Waals surface area (Å²) >= 11 is 0. The van der Waals surface area contributed by atoms with Gasteiger partial charge >= 0.3 is 5.97 Å². The van der Waals surface area contributed by atoms with Crippen LogP contribution >= 0.6 is 0 Å². The summed E-state index contributed by atoms with van der Waals surface area (Å²) in [5.41, 5.74) is 0. The van der Waals surface area contributed by atoms with Crippen LogP contribution in [0.1, 0.15) is 393 Å². The van der Waals surface area contributed by atoms with Crippen molar-refractivity contribution >= 4 is 11.9 Å². The number of hydrogen-bond acceptors (Lipinski definition) is 5. The zero-order valence-electron chi connectivity index (χ0n) is 49.9. The van der Waals surface area contributed by atoms with Gasteiger partial charge in [0.15, 0.2) is 0 Å². The SMILES string of the molecule is CCCCCCCCCCCCCCCCCCCC(O)C(CO)NC(=O)CCCCCCCCCCCCCCCCCCCCCCCCCCOC(=O)CCCCCCCCCCCCCCCCC. The van der Waals surface area contributed by atoms with Crippen molar-refractivity contribution in [1.29, 1.82) is 0 Å². The first-order valence-electron chi connectivity index (χ1n) is 33.8. The Kier molecular flexibility index (Phi) is 62.4. The Morgan fingerprint density at radius 1 is 0.329 bits per heavy atom. The number of aliphatic hydroxyl groups excluding tert-OH is 2. The van der Waals surface area contributed by atoms with E-state index >= 15 is 0 Å². The molecule has 0 heterocycles. The molecule has 6 nitrogen and oxygen atoms in total. The van der Waals surface area contributed by atoms with Gasteiger partial charge in [0, 0.05) is 12.8 Å². The fraction of sp³-hybridized carbons (Fsp3) is 0.970. The summed E-state index contributed by atoms with van der Waals surface area (Å²) in [4.78, 5) is 24.6. The van der Waals surface area contributed by atoms with Gasteiger partial charge < -0.3 is 20.3 Å². The Bertz CT molecular complexity index is 1050. The average Bonchev–Trinajstić information content (AvgIpc) is 3.39.